The number of halogens is 1. The molecule has 0 amide bonds. The summed E-state index contributed by atoms with van der Waals surface area (Å²) in [7, 11) is 1.79. The zero-order chi connectivity index (χ0) is 20.4. The predicted octanol–water partition coefficient (Wildman–Crippen LogP) is 2.56. The molecule has 0 saturated carbocycles. The number of aromatic nitrogens is 4. The first-order valence-corrected chi connectivity index (χ1v) is 10.2. The molecule has 4 N–H and O–H groups in total. The standard InChI is InChI=1S/C19H23FN6O2S/c1-26-17(16-5-4-13(21)12(20)9-28-16)14(8-23-26)24-18(27)15-10-29-19(25-15)11-3-2-6-22-7-11/h2-3,6-8,10,12-13,16,18,24,27H,4-5,9,21H2,1H3/t12-,13-,16+,18?/m1/s1. The minimum absolute atomic E-state index is 0.0560. The van der Waals surface area contributed by atoms with E-state index in [2.05, 4.69) is 20.4 Å². The average molecular weight is 418 g/mol. The van der Waals surface area contributed by atoms with Gasteiger partial charge in [-0.05, 0) is 25.0 Å². The largest absolute Gasteiger partial charge is 0.369 e. The van der Waals surface area contributed by atoms with Gasteiger partial charge in [-0.3, -0.25) is 9.67 Å². The van der Waals surface area contributed by atoms with Gasteiger partial charge in [-0.25, -0.2) is 9.37 Å². The molecule has 10 heteroatoms. The number of hydrogen-bond acceptors (Lipinski definition) is 8. The highest BCUT2D eigenvalue weighted by Gasteiger charge is 2.30. The van der Waals surface area contributed by atoms with Gasteiger partial charge >= 0.3 is 0 Å². The molecule has 4 heterocycles. The molecule has 1 fully saturated rings. The number of pyridine rings is 1. The number of aliphatic hydroxyl groups excluding tert-OH is 1. The van der Waals surface area contributed by atoms with Gasteiger partial charge in [-0.1, -0.05) is 0 Å². The van der Waals surface area contributed by atoms with Crippen molar-refractivity contribution in [1.82, 2.24) is 19.7 Å². The highest BCUT2D eigenvalue weighted by Crippen LogP contribution is 2.34. The van der Waals surface area contributed by atoms with E-state index in [0.717, 1.165) is 16.3 Å². The topological polar surface area (TPSA) is 111 Å². The van der Waals surface area contributed by atoms with Gasteiger partial charge in [-0.15, -0.1) is 11.3 Å². The van der Waals surface area contributed by atoms with E-state index in [9.17, 15) is 9.50 Å². The van der Waals surface area contributed by atoms with Crippen LogP contribution in [0.1, 0.15) is 36.6 Å². The minimum Gasteiger partial charge on any atom is -0.369 e. The molecule has 154 valence electrons. The van der Waals surface area contributed by atoms with E-state index in [0.29, 0.717) is 24.2 Å². The zero-order valence-corrected chi connectivity index (χ0v) is 16.7. The fourth-order valence-electron chi connectivity index (χ4n) is 3.35. The lowest BCUT2D eigenvalue weighted by atomic mass is 10.0. The van der Waals surface area contributed by atoms with Crippen molar-refractivity contribution in [3.8, 4) is 10.6 Å². The maximum absolute atomic E-state index is 13.9. The number of hydrogen-bond donors (Lipinski definition) is 3. The quantitative estimate of drug-likeness (QED) is 0.546. The summed E-state index contributed by atoms with van der Waals surface area (Å²) in [6.45, 7) is -0.0560. The van der Waals surface area contributed by atoms with Crippen LogP contribution in [0.25, 0.3) is 10.6 Å². The van der Waals surface area contributed by atoms with Gasteiger partial charge in [0.15, 0.2) is 6.23 Å². The first-order chi connectivity index (χ1) is 14.0. The minimum atomic E-state index is -1.18. The lowest BCUT2D eigenvalue weighted by Crippen LogP contribution is -2.32. The van der Waals surface area contributed by atoms with E-state index < -0.39 is 18.4 Å². The molecule has 0 bridgehead atoms. The summed E-state index contributed by atoms with van der Waals surface area (Å²) >= 11 is 1.43. The Morgan fingerprint density at radius 1 is 1.41 bits per heavy atom. The summed E-state index contributed by atoms with van der Waals surface area (Å²) in [5.74, 6) is 0. The van der Waals surface area contributed by atoms with E-state index >= 15 is 0 Å². The zero-order valence-electron chi connectivity index (χ0n) is 15.9. The number of nitrogens with one attached hydrogen (secondary N) is 1. The predicted molar refractivity (Wildman–Crippen MR) is 108 cm³/mol. The number of nitrogens with zero attached hydrogens (tertiary/aromatic N) is 4. The van der Waals surface area contributed by atoms with Gasteiger partial charge in [0.05, 0.1) is 24.2 Å². The van der Waals surface area contributed by atoms with Gasteiger partial charge < -0.3 is 20.9 Å². The molecule has 1 unspecified atom stereocenters. The number of nitrogens with two attached hydrogens (primary N) is 1. The third-order valence-electron chi connectivity index (χ3n) is 4.98. The molecule has 4 rings (SSSR count). The fourth-order valence-corrected chi connectivity index (χ4v) is 4.18. The second-order valence-electron chi connectivity index (χ2n) is 7.01. The second kappa shape index (κ2) is 8.54. The molecule has 0 spiro atoms. The van der Waals surface area contributed by atoms with Crippen molar-refractivity contribution in [3.05, 3.63) is 47.5 Å². The van der Waals surface area contributed by atoms with E-state index in [1.807, 2.05) is 12.1 Å². The summed E-state index contributed by atoms with van der Waals surface area (Å²) in [5.41, 5.74) is 8.58. The van der Waals surface area contributed by atoms with Crippen molar-refractivity contribution in [3.63, 3.8) is 0 Å². The van der Waals surface area contributed by atoms with E-state index in [1.54, 1.807) is 35.7 Å². The van der Waals surface area contributed by atoms with Crippen LogP contribution in [-0.4, -0.2) is 43.7 Å². The van der Waals surface area contributed by atoms with Crippen molar-refractivity contribution in [2.75, 3.05) is 11.9 Å². The van der Waals surface area contributed by atoms with Gasteiger partial charge in [-0.2, -0.15) is 5.10 Å². The lowest BCUT2D eigenvalue weighted by Gasteiger charge is -2.19. The highest BCUT2D eigenvalue weighted by molar-refractivity contribution is 7.13. The van der Waals surface area contributed by atoms with Crippen LogP contribution in [0.5, 0.6) is 0 Å². The Morgan fingerprint density at radius 2 is 2.28 bits per heavy atom. The molecule has 3 aromatic heterocycles. The summed E-state index contributed by atoms with van der Waals surface area (Å²) in [6, 6.07) is 3.23. The van der Waals surface area contributed by atoms with Crippen molar-refractivity contribution < 1.29 is 14.2 Å². The molecule has 29 heavy (non-hydrogen) atoms. The third-order valence-corrected chi connectivity index (χ3v) is 5.89. The maximum Gasteiger partial charge on any atom is 0.169 e. The van der Waals surface area contributed by atoms with Gasteiger partial charge in [0.25, 0.3) is 0 Å². The number of ether oxygens (including phenoxy) is 1. The van der Waals surface area contributed by atoms with Crippen LogP contribution in [0.2, 0.25) is 0 Å². The van der Waals surface area contributed by atoms with Gasteiger partial charge in [0, 0.05) is 36.4 Å². The number of alkyl halides is 1. The third kappa shape index (κ3) is 4.30. The maximum atomic E-state index is 13.9. The summed E-state index contributed by atoms with van der Waals surface area (Å²) < 4.78 is 21.3. The van der Waals surface area contributed by atoms with Gasteiger partial charge in [0.1, 0.15) is 23.0 Å². The number of aryl methyl sites for hydroxylation is 1. The molecule has 3 aromatic rings. The molecular weight excluding hydrogens is 395 g/mol. The number of aliphatic hydroxyl groups is 1. The molecular formula is C19H23FN6O2S. The first-order valence-electron chi connectivity index (χ1n) is 9.36. The number of anilines is 1. The van der Waals surface area contributed by atoms with Crippen LogP contribution in [0.3, 0.4) is 0 Å². The van der Waals surface area contributed by atoms with Crippen LogP contribution in [-0.2, 0) is 11.8 Å². The second-order valence-corrected chi connectivity index (χ2v) is 7.87. The Hall–Kier alpha value is -2.40. The van der Waals surface area contributed by atoms with E-state index in [1.165, 1.54) is 11.3 Å². The Morgan fingerprint density at radius 3 is 3.07 bits per heavy atom. The Bertz CT molecular complexity index is 937. The molecule has 0 aromatic carbocycles. The van der Waals surface area contributed by atoms with E-state index in [4.69, 9.17) is 10.5 Å². The average Bonchev–Trinajstić information content (AvgIpc) is 3.32. The smallest absolute Gasteiger partial charge is 0.169 e. The highest BCUT2D eigenvalue weighted by atomic mass is 32.1. The van der Waals surface area contributed by atoms with Crippen LogP contribution in [0, 0.1) is 0 Å². The van der Waals surface area contributed by atoms with Crippen molar-refractivity contribution in [1.29, 1.82) is 0 Å². The van der Waals surface area contributed by atoms with Gasteiger partial charge in [0.2, 0.25) is 0 Å². The first kappa shape index (κ1) is 19.9. The number of rotatable bonds is 5. The summed E-state index contributed by atoms with van der Waals surface area (Å²) in [5, 5.41) is 20.6. The molecule has 0 radical (unpaired) electrons. The van der Waals surface area contributed by atoms with Crippen LogP contribution >= 0.6 is 11.3 Å². The molecule has 1 aliphatic rings. The van der Waals surface area contributed by atoms with Crippen LogP contribution in [0.15, 0.2) is 36.1 Å². The molecule has 1 aliphatic heterocycles. The fraction of sp³-hybridized carbons (Fsp3) is 0.421. The Kier molecular flexibility index (Phi) is 5.86. The monoisotopic (exact) mass is 418 g/mol. The van der Waals surface area contributed by atoms with Crippen molar-refractivity contribution >= 4 is 17.0 Å². The van der Waals surface area contributed by atoms with E-state index in [-0.39, 0.29) is 12.7 Å². The normalized spacial score (nSPS) is 23.5. The van der Waals surface area contributed by atoms with Crippen LogP contribution < -0.4 is 11.1 Å². The molecule has 4 atom stereocenters. The van der Waals surface area contributed by atoms with Crippen molar-refractivity contribution in [2.24, 2.45) is 12.8 Å². The summed E-state index contributed by atoms with van der Waals surface area (Å²) in [6.07, 6.45) is 3.57. The Labute approximate surface area is 171 Å². The SMILES string of the molecule is Cn1ncc(NC(O)c2csc(-c3cccnc3)n2)c1[C@@H]1CC[C@@H](N)[C@H](F)CO1. The lowest BCUT2D eigenvalue weighted by molar-refractivity contribution is 0.0246. The van der Waals surface area contributed by atoms with Crippen molar-refractivity contribution in [2.45, 2.75) is 37.4 Å². The van der Waals surface area contributed by atoms with Crippen LogP contribution in [0.4, 0.5) is 10.1 Å². The molecule has 1 saturated heterocycles. The Balaban J connectivity index is 1.51. The molecule has 0 aliphatic carbocycles. The number of thiazole rings is 1. The molecule has 8 nitrogen and oxygen atoms in total. The summed E-state index contributed by atoms with van der Waals surface area (Å²) in [4.78, 5) is 8.60.